The Morgan fingerprint density at radius 3 is 2.46 bits per heavy atom. The van der Waals surface area contributed by atoms with Crippen LogP contribution >= 0.6 is 0 Å². The number of hydrogen-bond donors (Lipinski definition) is 0. The summed E-state index contributed by atoms with van der Waals surface area (Å²) in [6.07, 6.45) is 2.53. The van der Waals surface area contributed by atoms with E-state index in [4.69, 9.17) is 9.47 Å². The van der Waals surface area contributed by atoms with E-state index in [1.807, 2.05) is 26.0 Å². The highest BCUT2D eigenvalue weighted by Gasteiger charge is 2.14. The van der Waals surface area contributed by atoms with E-state index >= 15 is 0 Å². The van der Waals surface area contributed by atoms with E-state index in [0.29, 0.717) is 5.56 Å². The van der Waals surface area contributed by atoms with Crippen LogP contribution in [0.25, 0.3) is 6.08 Å². The highest BCUT2D eigenvalue weighted by molar-refractivity contribution is 5.98. The summed E-state index contributed by atoms with van der Waals surface area (Å²) in [6, 6.07) is 12.4. The zero-order valence-corrected chi connectivity index (χ0v) is 16.4. The van der Waals surface area contributed by atoms with Gasteiger partial charge in [0.2, 0.25) is 0 Å². The second-order valence-electron chi connectivity index (χ2n) is 6.29. The molecule has 1 heterocycles. The molecule has 0 unspecified atom stereocenters. The van der Waals surface area contributed by atoms with Crippen molar-refractivity contribution in [1.29, 1.82) is 5.26 Å². The van der Waals surface area contributed by atoms with E-state index in [1.165, 1.54) is 6.08 Å². The summed E-state index contributed by atoms with van der Waals surface area (Å²) in [5.41, 5.74) is 3.22. The van der Waals surface area contributed by atoms with Crippen molar-refractivity contribution in [2.45, 2.75) is 33.7 Å². The molecule has 0 radical (unpaired) electrons. The lowest BCUT2D eigenvalue weighted by Gasteiger charge is -2.07. The molecule has 6 heteroatoms. The van der Waals surface area contributed by atoms with Crippen LogP contribution in [0.1, 0.15) is 40.7 Å². The Balaban J connectivity index is 1.93. The topological polar surface area (TPSA) is 81.3 Å². The molecule has 0 saturated carbocycles. The molecule has 2 aromatic rings. The van der Waals surface area contributed by atoms with Gasteiger partial charge in [-0.3, -0.25) is 0 Å². The summed E-state index contributed by atoms with van der Waals surface area (Å²) >= 11 is 0. The van der Waals surface area contributed by atoms with Crippen LogP contribution < -0.4 is 0 Å². The molecule has 0 atom stereocenters. The molecule has 28 heavy (non-hydrogen) atoms. The average molecular weight is 380 g/mol. The first-order valence-corrected chi connectivity index (χ1v) is 9.15. The zero-order valence-electron chi connectivity index (χ0n) is 16.4. The van der Waals surface area contributed by atoms with Gasteiger partial charge in [-0.1, -0.05) is 25.1 Å². The maximum absolute atomic E-state index is 12.2. The van der Waals surface area contributed by atoms with Crippen molar-refractivity contribution >= 4 is 18.0 Å². The Hall–Kier alpha value is -3.33. The van der Waals surface area contributed by atoms with Gasteiger partial charge in [-0.15, -0.1) is 0 Å². The van der Waals surface area contributed by atoms with Crippen LogP contribution in [0.5, 0.6) is 0 Å². The molecule has 2 rings (SSSR count). The van der Waals surface area contributed by atoms with Crippen LogP contribution in [-0.2, 0) is 20.8 Å². The van der Waals surface area contributed by atoms with Crippen molar-refractivity contribution < 1.29 is 19.1 Å². The fraction of sp³-hybridized carbons (Fsp3) is 0.318. The van der Waals surface area contributed by atoms with Gasteiger partial charge in [0.15, 0.2) is 0 Å². The largest absolute Gasteiger partial charge is 0.458 e. The standard InChI is InChI=1S/C22H24N2O4/c1-4-10-24-16(2)13-19(17(24)3)14-20(15-23)22(26)28-12-11-27-21(25)18-8-6-5-7-9-18/h5-9,13-14H,4,10-12H2,1-3H3/b20-14+. The van der Waals surface area contributed by atoms with Crippen LogP contribution in [0.4, 0.5) is 0 Å². The van der Waals surface area contributed by atoms with Gasteiger partial charge in [0, 0.05) is 17.9 Å². The average Bonchev–Trinajstić information content (AvgIpc) is 2.97. The Morgan fingerprint density at radius 1 is 1.14 bits per heavy atom. The second kappa shape index (κ2) is 10.1. The lowest BCUT2D eigenvalue weighted by atomic mass is 10.1. The van der Waals surface area contributed by atoms with Crippen molar-refractivity contribution in [3.8, 4) is 6.07 Å². The molecule has 0 aliphatic carbocycles. The maximum Gasteiger partial charge on any atom is 0.349 e. The number of nitrogens with zero attached hydrogens (tertiary/aromatic N) is 2. The molecule has 0 aliphatic rings. The van der Waals surface area contributed by atoms with Crippen molar-refractivity contribution in [1.82, 2.24) is 4.57 Å². The van der Waals surface area contributed by atoms with Crippen LogP contribution in [0, 0.1) is 25.2 Å². The van der Waals surface area contributed by atoms with Gasteiger partial charge in [-0.25, -0.2) is 9.59 Å². The summed E-state index contributed by atoms with van der Waals surface area (Å²) < 4.78 is 12.3. The molecule has 146 valence electrons. The van der Waals surface area contributed by atoms with Gasteiger partial charge in [0.1, 0.15) is 24.9 Å². The minimum absolute atomic E-state index is 0.0802. The third-order valence-corrected chi connectivity index (χ3v) is 4.26. The SMILES string of the molecule is CCCn1c(C)cc(/C=C(\C#N)C(=O)OCCOC(=O)c2ccccc2)c1C. The number of aryl methyl sites for hydroxylation is 1. The first kappa shape index (κ1) is 21.0. The maximum atomic E-state index is 12.2. The molecule has 0 amide bonds. The number of esters is 2. The molecule has 1 aromatic carbocycles. The zero-order chi connectivity index (χ0) is 20.5. The molecule has 6 nitrogen and oxygen atoms in total. The first-order chi connectivity index (χ1) is 13.5. The minimum Gasteiger partial charge on any atom is -0.458 e. The molecule has 0 aliphatic heterocycles. The highest BCUT2D eigenvalue weighted by Crippen LogP contribution is 2.19. The van der Waals surface area contributed by atoms with Crippen molar-refractivity contribution in [3.05, 3.63) is 64.5 Å². The smallest absolute Gasteiger partial charge is 0.349 e. The monoisotopic (exact) mass is 380 g/mol. The lowest BCUT2D eigenvalue weighted by molar-refractivity contribution is -0.139. The third-order valence-electron chi connectivity index (χ3n) is 4.26. The van der Waals surface area contributed by atoms with Gasteiger partial charge in [-0.2, -0.15) is 5.26 Å². The summed E-state index contributed by atoms with van der Waals surface area (Å²) in [7, 11) is 0. The Labute approximate surface area is 165 Å². The van der Waals surface area contributed by atoms with Crippen LogP contribution in [0.2, 0.25) is 0 Å². The number of hydrogen-bond acceptors (Lipinski definition) is 5. The Morgan fingerprint density at radius 2 is 1.82 bits per heavy atom. The van der Waals surface area contributed by atoms with E-state index in [-0.39, 0.29) is 18.8 Å². The molecular formula is C22H24N2O4. The highest BCUT2D eigenvalue weighted by atomic mass is 16.6. The van der Waals surface area contributed by atoms with Crippen molar-refractivity contribution in [3.63, 3.8) is 0 Å². The lowest BCUT2D eigenvalue weighted by Crippen LogP contribution is -2.15. The molecule has 0 bridgehead atoms. The van der Waals surface area contributed by atoms with E-state index in [2.05, 4.69) is 11.5 Å². The number of ether oxygens (including phenoxy) is 2. The second-order valence-corrected chi connectivity index (χ2v) is 6.29. The summed E-state index contributed by atoms with van der Waals surface area (Å²) in [6.45, 7) is 6.72. The van der Waals surface area contributed by atoms with Gasteiger partial charge < -0.3 is 14.0 Å². The Bertz CT molecular complexity index is 905. The predicted octanol–water partition coefficient (Wildman–Crippen LogP) is 3.82. The summed E-state index contributed by atoms with van der Waals surface area (Å²) in [5, 5.41) is 9.31. The fourth-order valence-electron chi connectivity index (χ4n) is 2.84. The minimum atomic E-state index is -0.737. The third kappa shape index (κ3) is 5.34. The van der Waals surface area contributed by atoms with Crippen molar-refractivity contribution in [2.75, 3.05) is 13.2 Å². The molecule has 0 N–H and O–H groups in total. The number of benzene rings is 1. The number of carbonyl (C=O) groups is 2. The van der Waals surface area contributed by atoms with E-state index in [0.717, 1.165) is 29.9 Å². The van der Waals surface area contributed by atoms with Crippen LogP contribution in [-0.4, -0.2) is 29.7 Å². The quantitative estimate of drug-likeness (QED) is 0.301. The van der Waals surface area contributed by atoms with E-state index < -0.39 is 11.9 Å². The van der Waals surface area contributed by atoms with E-state index in [1.54, 1.807) is 30.3 Å². The molecule has 0 fully saturated rings. The molecule has 1 aromatic heterocycles. The Kier molecular flexibility index (Phi) is 7.58. The van der Waals surface area contributed by atoms with Crippen molar-refractivity contribution in [2.24, 2.45) is 0 Å². The summed E-state index contributed by atoms with van der Waals surface area (Å²) in [5.74, 6) is -1.23. The van der Waals surface area contributed by atoms with Gasteiger partial charge in [0.25, 0.3) is 0 Å². The van der Waals surface area contributed by atoms with Crippen LogP contribution in [0.15, 0.2) is 42.0 Å². The first-order valence-electron chi connectivity index (χ1n) is 9.15. The number of aromatic nitrogens is 1. The molecule has 0 spiro atoms. The number of rotatable bonds is 8. The molecular weight excluding hydrogens is 356 g/mol. The summed E-state index contributed by atoms with van der Waals surface area (Å²) in [4.78, 5) is 24.0. The number of nitriles is 1. The molecule has 0 saturated heterocycles. The fourth-order valence-corrected chi connectivity index (χ4v) is 2.84. The van der Waals surface area contributed by atoms with Crippen LogP contribution in [0.3, 0.4) is 0 Å². The number of carbonyl (C=O) groups excluding carboxylic acids is 2. The van der Waals surface area contributed by atoms with Gasteiger partial charge >= 0.3 is 11.9 Å². The van der Waals surface area contributed by atoms with Gasteiger partial charge in [0.05, 0.1) is 5.56 Å². The normalized spacial score (nSPS) is 11.0. The van der Waals surface area contributed by atoms with Gasteiger partial charge in [-0.05, 0) is 50.1 Å². The van der Waals surface area contributed by atoms with E-state index in [9.17, 15) is 14.9 Å². The predicted molar refractivity (Wildman–Crippen MR) is 105 cm³/mol.